The number of rotatable bonds is 0. The molecule has 8 bridgehead atoms. The number of H-pyrrole nitrogens is 2. The molecule has 0 radical (unpaired) electrons. The van der Waals surface area contributed by atoms with Gasteiger partial charge in [0.2, 0.25) is 0 Å². The zero-order valence-corrected chi connectivity index (χ0v) is 24.6. The lowest BCUT2D eigenvalue weighted by Gasteiger charge is -2.01. The summed E-state index contributed by atoms with van der Waals surface area (Å²) in [5, 5.41) is 5.43. The quantitative estimate of drug-likeness (QED) is 0.179. The number of nitrogens with zero attached hydrogens (tertiary/aromatic N) is 2. The molecule has 0 unspecified atom stereocenters. The molecule has 2 aliphatic heterocycles. The zero-order chi connectivity index (χ0) is 28.8. The third kappa shape index (κ3) is 3.52. The van der Waals surface area contributed by atoms with Crippen LogP contribution in [0.3, 0.4) is 0 Å². The Kier molecular flexibility index (Phi) is 5.33. The van der Waals surface area contributed by atoms with Gasteiger partial charge in [-0.15, -0.1) is 0 Å². The minimum atomic E-state index is 0.484. The topological polar surface area (TPSA) is 57.4 Å². The first-order chi connectivity index (χ1) is 21.1. The lowest BCUT2D eigenvalue weighted by Crippen LogP contribution is -1.79. The molecule has 3 aromatic heterocycles. The molecule has 9 rings (SSSR count). The van der Waals surface area contributed by atoms with Crippen LogP contribution in [-0.2, 0) is 0 Å². The fraction of sp³-hybridized carbons (Fsp3) is 0. The molecule has 7 aromatic rings. The number of aromatic nitrogens is 4. The Bertz CT molecular complexity index is 2510. The molecule has 0 saturated heterocycles. The predicted octanol–water partition coefficient (Wildman–Crippen LogP) is 11.2. The van der Waals surface area contributed by atoms with Gasteiger partial charge in [-0.25, -0.2) is 9.97 Å². The number of aromatic amines is 2. The number of hydrogen-bond acceptors (Lipinski definition) is 2. The van der Waals surface area contributed by atoms with Crippen molar-refractivity contribution in [3.8, 4) is 45.0 Å². The predicted molar refractivity (Wildman–Crippen MR) is 180 cm³/mol. The van der Waals surface area contributed by atoms with Gasteiger partial charge in [0.25, 0.3) is 0 Å². The average molecular weight is 614 g/mol. The van der Waals surface area contributed by atoms with Crippen molar-refractivity contribution >= 4 is 78.4 Å². The molecule has 5 heterocycles. The highest BCUT2D eigenvalue weighted by Crippen LogP contribution is 2.47. The molecule has 0 amide bonds. The molecule has 7 heteroatoms. The van der Waals surface area contributed by atoms with E-state index in [1.807, 2.05) is 72.8 Å². The van der Waals surface area contributed by atoms with E-state index < -0.39 is 0 Å². The summed E-state index contributed by atoms with van der Waals surface area (Å²) in [4.78, 5) is 17.4. The van der Waals surface area contributed by atoms with Gasteiger partial charge in [-0.05, 0) is 6.07 Å². The van der Waals surface area contributed by atoms with E-state index in [1.165, 1.54) is 0 Å². The van der Waals surface area contributed by atoms with Crippen LogP contribution in [0.4, 0.5) is 0 Å². The Hall–Kier alpha value is -4.61. The molecule has 0 atom stereocenters. The summed E-state index contributed by atoms with van der Waals surface area (Å²) in [5.41, 5.74) is 9.79. The summed E-state index contributed by atoms with van der Waals surface area (Å²) in [6.07, 6.45) is 0. The minimum absolute atomic E-state index is 0.484. The Morgan fingerprint density at radius 1 is 0.419 bits per heavy atom. The first-order valence-corrected chi connectivity index (χ1v) is 15.0. The summed E-state index contributed by atoms with van der Waals surface area (Å²) in [7, 11) is 0. The van der Waals surface area contributed by atoms with E-state index >= 15 is 0 Å². The van der Waals surface area contributed by atoms with E-state index in [1.54, 1.807) is 0 Å². The molecule has 0 fully saturated rings. The van der Waals surface area contributed by atoms with Crippen molar-refractivity contribution in [2.75, 3.05) is 0 Å². The van der Waals surface area contributed by atoms with Gasteiger partial charge < -0.3 is 9.97 Å². The second-order valence-electron chi connectivity index (χ2n) is 10.7. The molecule has 2 aliphatic rings. The van der Waals surface area contributed by atoms with E-state index in [2.05, 4.69) is 40.3 Å². The van der Waals surface area contributed by atoms with Gasteiger partial charge in [-0.1, -0.05) is 132 Å². The third-order valence-corrected chi connectivity index (χ3v) is 9.48. The van der Waals surface area contributed by atoms with Gasteiger partial charge in [-0.3, -0.25) is 0 Å². The van der Waals surface area contributed by atoms with Crippen LogP contribution in [0.15, 0.2) is 103 Å². The van der Waals surface area contributed by atoms with Crippen LogP contribution in [-0.4, -0.2) is 19.9 Å². The number of hydrogen-bond donors (Lipinski definition) is 2. The normalized spacial score (nSPS) is 12.1. The Morgan fingerprint density at radius 2 is 0.814 bits per heavy atom. The van der Waals surface area contributed by atoms with E-state index in [-0.39, 0.29) is 0 Å². The summed E-state index contributed by atoms with van der Waals surface area (Å²) >= 11 is 21.9. The monoisotopic (exact) mass is 612 g/mol. The second-order valence-corrected chi connectivity index (χ2v) is 11.8. The van der Waals surface area contributed by atoms with Crippen LogP contribution >= 0.6 is 34.8 Å². The smallest absolute Gasteiger partial charge is 0.0924 e. The van der Waals surface area contributed by atoms with Gasteiger partial charge in [-0.2, -0.15) is 0 Å². The van der Waals surface area contributed by atoms with Crippen LogP contribution in [0.5, 0.6) is 0 Å². The van der Waals surface area contributed by atoms with Crippen LogP contribution in [0.2, 0.25) is 15.1 Å². The van der Waals surface area contributed by atoms with Crippen molar-refractivity contribution in [1.29, 1.82) is 0 Å². The third-order valence-electron chi connectivity index (χ3n) is 8.38. The van der Waals surface area contributed by atoms with E-state index in [0.717, 1.165) is 71.6 Å². The highest BCUT2D eigenvalue weighted by atomic mass is 35.5. The lowest BCUT2D eigenvalue weighted by molar-refractivity contribution is 1.40. The van der Waals surface area contributed by atoms with Gasteiger partial charge in [0.15, 0.2) is 0 Å². The largest absolute Gasteiger partial charge is 0.353 e. The van der Waals surface area contributed by atoms with Crippen LogP contribution in [0, 0.1) is 0 Å². The molecule has 0 spiro atoms. The molecule has 0 saturated carbocycles. The Morgan fingerprint density at radius 3 is 1.37 bits per heavy atom. The molecule has 43 heavy (non-hydrogen) atoms. The molecule has 204 valence electrons. The minimum Gasteiger partial charge on any atom is -0.353 e. The second kappa shape index (κ2) is 9.19. The van der Waals surface area contributed by atoms with Crippen molar-refractivity contribution in [3.63, 3.8) is 0 Å². The highest BCUT2D eigenvalue weighted by Gasteiger charge is 2.25. The van der Waals surface area contributed by atoms with Crippen molar-refractivity contribution in [2.45, 2.75) is 0 Å². The molecule has 2 N–H and O–H groups in total. The van der Waals surface area contributed by atoms with Crippen LogP contribution < -0.4 is 0 Å². The van der Waals surface area contributed by atoms with Gasteiger partial charge >= 0.3 is 0 Å². The van der Waals surface area contributed by atoms with E-state index in [4.69, 9.17) is 44.8 Å². The summed E-state index contributed by atoms with van der Waals surface area (Å²) in [6, 6.07) is 34.5. The highest BCUT2D eigenvalue weighted by molar-refractivity contribution is 6.42. The number of fused-ring (bicyclic) bond motifs is 20. The first-order valence-electron chi connectivity index (χ1n) is 13.8. The van der Waals surface area contributed by atoms with Crippen LogP contribution in [0.25, 0.3) is 88.6 Å². The SMILES string of the molecule is Clc1c2nc(c(Cl)c3[nH]c(c(Cl)c4nc(cc5[nH]c1c1ccccc51)-c1ccccc1-4)c1ccccc31)-c1ccccc1-2. The molecular weight excluding hydrogens is 595 g/mol. The van der Waals surface area contributed by atoms with Gasteiger partial charge in [0.1, 0.15) is 0 Å². The zero-order valence-electron chi connectivity index (χ0n) is 22.3. The van der Waals surface area contributed by atoms with Crippen molar-refractivity contribution in [1.82, 2.24) is 19.9 Å². The van der Waals surface area contributed by atoms with Crippen LogP contribution in [0.1, 0.15) is 0 Å². The van der Waals surface area contributed by atoms with Crippen molar-refractivity contribution in [2.24, 2.45) is 0 Å². The fourth-order valence-corrected chi connectivity index (χ4v) is 7.28. The van der Waals surface area contributed by atoms with Crippen molar-refractivity contribution < 1.29 is 0 Å². The van der Waals surface area contributed by atoms with Crippen molar-refractivity contribution in [3.05, 3.63) is 118 Å². The molecule has 0 aliphatic carbocycles. The van der Waals surface area contributed by atoms with Gasteiger partial charge in [0.05, 0.1) is 54.4 Å². The number of benzene rings is 4. The molecule has 4 nitrogen and oxygen atoms in total. The number of halogens is 3. The fourth-order valence-electron chi connectivity index (χ4n) is 6.40. The molecular formula is C36H19Cl3N4. The number of nitrogens with one attached hydrogen (secondary N) is 2. The summed E-state index contributed by atoms with van der Waals surface area (Å²) < 4.78 is 0. The maximum absolute atomic E-state index is 7.29. The first kappa shape index (κ1) is 24.9. The summed E-state index contributed by atoms with van der Waals surface area (Å²) in [6.45, 7) is 0. The maximum atomic E-state index is 7.29. The Balaban J connectivity index is 1.58. The average Bonchev–Trinajstić information content (AvgIpc) is 3.81. The van der Waals surface area contributed by atoms with E-state index in [9.17, 15) is 0 Å². The summed E-state index contributed by atoms with van der Waals surface area (Å²) in [5.74, 6) is 0. The standard InChI is InChI=1S/C36H19Cl3N4/c37-28-31-20-11-3-1-9-18(20)26(40-31)17-27-19-10-2-4-12-21(19)32(41-27)29(38)34-23-14-6-8-16-25(23)36(43-34)30(39)35-24-15-7-5-13-22(24)33(28)42-35/h1-17,40,43H. The molecule has 4 aromatic carbocycles. The Labute approximate surface area is 260 Å². The lowest BCUT2D eigenvalue weighted by atomic mass is 10.0. The van der Waals surface area contributed by atoms with E-state index in [0.29, 0.717) is 32.1 Å². The van der Waals surface area contributed by atoms with Gasteiger partial charge in [0, 0.05) is 49.3 Å². The maximum Gasteiger partial charge on any atom is 0.0924 e.